The van der Waals surface area contributed by atoms with Gasteiger partial charge in [-0.1, -0.05) is 6.07 Å². The molecule has 0 fully saturated rings. The Morgan fingerprint density at radius 2 is 2.07 bits per heavy atom. The maximum absolute atomic E-state index is 12.9. The van der Waals surface area contributed by atoms with E-state index in [-0.39, 0.29) is 0 Å². The average Bonchev–Trinajstić information content (AvgIpc) is 2.59. The van der Waals surface area contributed by atoms with Gasteiger partial charge >= 0.3 is 0 Å². The number of nitrogens with zero attached hydrogens (tertiary/aromatic N) is 2. The largest absolute Gasteiger partial charge is 0.369 e. The minimum absolute atomic E-state index is 0.347. The Kier molecular flexibility index (Phi) is 2.37. The van der Waals surface area contributed by atoms with Crippen molar-refractivity contribution >= 4 is 5.95 Å². The van der Waals surface area contributed by atoms with Crippen LogP contribution in [0, 0.1) is 11.6 Å². The fourth-order valence-electron chi connectivity index (χ4n) is 1.31. The van der Waals surface area contributed by atoms with Crippen molar-refractivity contribution in [3.05, 3.63) is 47.8 Å². The van der Waals surface area contributed by atoms with Gasteiger partial charge in [-0.3, -0.25) is 0 Å². The number of nitrogen functional groups attached to an aromatic ring is 1. The van der Waals surface area contributed by atoms with Crippen LogP contribution >= 0.6 is 0 Å². The highest BCUT2D eigenvalue weighted by Gasteiger charge is 2.04. The number of imidazole rings is 1. The van der Waals surface area contributed by atoms with Gasteiger partial charge in [0.25, 0.3) is 0 Å². The molecule has 0 spiro atoms. The third-order valence-corrected chi connectivity index (χ3v) is 2.08. The molecule has 15 heavy (non-hydrogen) atoms. The fourth-order valence-corrected chi connectivity index (χ4v) is 1.31. The van der Waals surface area contributed by atoms with Gasteiger partial charge in [-0.05, 0) is 17.7 Å². The van der Waals surface area contributed by atoms with Crippen molar-refractivity contribution in [2.24, 2.45) is 0 Å². The van der Waals surface area contributed by atoms with E-state index in [4.69, 9.17) is 5.73 Å². The molecule has 0 amide bonds. The quantitative estimate of drug-likeness (QED) is 0.819. The Labute approximate surface area is 85.2 Å². The minimum Gasteiger partial charge on any atom is -0.369 e. The molecule has 0 bridgehead atoms. The molecule has 0 unspecified atom stereocenters. The van der Waals surface area contributed by atoms with Crippen LogP contribution in [0.5, 0.6) is 0 Å². The van der Waals surface area contributed by atoms with Crippen LogP contribution in [0.4, 0.5) is 14.7 Å². The van der Waals surface area contributed by atoms with Gasteiger partial charge in [0, 0.05) is 12.4 Å². The molecule has 0 atom stereocenters. The summed E-state index contributed by atoms with van der Waals surface area (Å²) in [6.07, 6.45) is 3.23. The lowest BCUT2D eigenvalue weighted by Crippen LogP contribution is -2.04. The van der Waals surface area contributed by atoms with E-state index in [0.717, 1.165) is 12.1 Å². The minimum atomic E-state index is -0.855. The molecule has 0 aliphatic rings. The summed E-state index contributed by atoms with van der Waals surface area (Å²) in [5, 5.41) is 0. The molecule has 78 valence electrons. The van der Waals surface area contributed by atoms with E-state index in [1.54, 1.807) is 17.0 Å². The molecule has 0 aliphatic heterocycles. The number of hydrogen-bond acceptors (Lipinski definition) is 2. The SMILES string of the molecule is Nc1nccn1Cc1ccc(F)c(F)c1. The second-order valence-corrected chi connectivity index (χ2v) is 3.16. The standard InChI is InChI=1S/C10H9F2N3/c11-8-2-1-7(5-9(8)12)6-15-4-3-14-10(15)13/h1-5H,6H2,(H2,13,14). The van der Waals surface area contributed by atoms with Crippen LogP contribution in [0.1, 0.15) is 5.56 Å². The molecule has 2 aromatic rings. The summed E-state index contributed by atoms with van der Waals surface area (Å²) >= 11 is 0. The molecule has 5 heteroatoms. The van der Waals surface area contributed by atoms with Crippen molar-refractivity contribution in [3.63, 3.8) is 0 Å². The van der Waals surface area contributed by atoms with E-state index in [9.17, 15) is 8.78 Å². The summed E-state index contributed by atoms with van der Waals surface area (Å²) in [4.78, 5) is 3.83. The van der Waals surface area contributed by atoms with Crippen LogP contribution in [-0.2, 0) is 6.54 Å². The molecule has 0 saturated carbocycles. The number of benzene rings is 1. The lowest BCUT2D eigenvalue weighted by molar-refractivity contribution is 0.506. The molecule has 2 N–H and O–H groups in total. The summed E-state index contributed by atoms with van der Waals surface area (Å²) in [5.41, 5.74) is 6.18. The first-order valence-corrected chi connectivity index (χ1v) is 4.37. The van der Waals surface area contributed by atoms with Gasteiger partial charge in [-0.2, -0.15) is 0 Å². The summed E-state index contributed by atoms with van der Waals surface area (Å²) in [7, 11) is 0. The second kappa shape index (κ2) is 3.68. The predicted molar refractivity (Wildman–Crippen MR) is 52.1 cm³/mol. The molecule has 3 nitrogen and oxygen atoms in total. The first-order chi connectivity index (χ1) is 7.16. The summed E-state index contributed by atoms with van der Waals surface area (Å²) in [5.74, 6) is -1.36. The first-order valence-electron chi connectivity index (χ1n) is 4.37. The lowest BCUT2D eigenvalue weighted by Gasteiger charge is -2.04. The number of anilines is 1. The van der Waals surface area contributed by atoms with Gasteiger partial charge in [-0.25, -0.2) is 13.8 Å². The van der Waals surface area contributed by atoms with Crippen molar-refractivity contribution in [1.82, 2.24) is 9.55 Å². The highest BCUT2D eigenvalue weighted by Crippen LogP contribution is 2.11. The topological polar surface area (TPSA) is 43.8 Å². The zero-order valence-electron chi connectivity index (χ0n) is 7.82. The normalized spacial score (nSPS) is 10.5. The van der Waals surface area contributed by atoms with Crippen LogP contribution in [0.3, 0.4) is 0 Å². The highest BCUT2D eigenvalue weighted by molar-refractivity contribution is 5.23. The van der Waals surface area contributed by atoms with Gasteiger partial charge in [-0.15, -0.1) is 0 Å². The van der Waals surface area contributed by atoms with Gasteiger partial charge in [0.1, 0.15) is 0 Å². The van der Waals surface area contributed by atoms with E-state index in [1.807, 2.05) is 0 Å². The zero-order valence-corrected chi connectivity index (χ0v) is 7.82. The summed E-state index contributed by atoms with van der Waals surface area (Å²) in [6.45, 7) is 0.378. The van der Waals surface area contributed by atoms with Crippen molar-refractivity contribution in [1.29, 1.82) is 0 Å². The van der Waals surface area contributed by atoms with Crippen molar-refractivity contribution in [2.75, 3.05) is 5.73 Å². The number of halogens is 2. The molecule has 1 aromatic heterocycles. The van der Waals surface area contributed by atoms with Crippen LogP contribution in [-0.4, -0.2) is 9.55 Å². The third-order valence-electron chi connectivity index (χ3n) is 2.08. The molecule has 0 aliphatic carbocycles. The lowest BCUT2D eigenvalue weighted by atomic mass is 10.2. The van der Waals surface area contributed by atoms with Gasteiger partial charge < -0.3 is 10.3 Å². The van der Waals surface area contributed by atoms with E-state index >= 15 is 0 Å². The van der Waals surface area contributed by atoms with Crippen LogP contribution in [0.15, 0.2) is 30.6 Å². The molecule has 1 heterocycles. The van der Waals surface area contributed by atoms with E-state index < -0.39 is 11.6 Å². The molecule has 1 aromatic carbocycles. The average molecular weight is 209 g/mol. The first kappa shape index (κ1) is 9.64. The number of aromatic nitrogens is 2. The summed E-state index contributed by atoms with van der Waals surface area (Å²) in [6, 6.07) is 3.75. The Morgan fingerprint density at radius 1 is 1.27 bits per heavy atom. The molecule has 0 saturated heterocycles. The predicted octanol–water partition coefficient (Wildman–Crippen LogP) is 1.79. The van der Waals surface area contributed by atoms with Crippen LogP contribution in [0.2, 0.25) is 0 Å². The maximum atomic E-state index is 12.9. The Hall–Kier alpha value is -1.91. The van der Waals surface area contributed by atoms with Crippen LogP contribution < -0.4 is 5.73 Å². The Balaban J connectivity index is 2.25. The van der Waals surface area contributed by atoms with Crippen LogP contribution in [0.25, 0.3) is 0 Å². The number of hydrogen-bond donors (Lipinski definition) is 1. The smallest absolute Gasteiger partial charge is 0.200 e. The fraction of sp³-hybridized carbons (Fsp3) is 0.100. The van der Waals surface area contributed by atoms with Gasteiger partial charge in [0.2, 0.25) is 0 Å². The summed E-state index contributed by atoms with van der Waals surface area (Å²) < 4.78 is 27.2. The molecule has 0 radical (unpaired) electrons. The number of nitrogens with two attached hydrogens (primary N) is 1. The van der Waals surface area contributed by atoms with Crippen molar-refractivity contribution in [2.45, 2.75) is 6.54 Å². The zero-order chi connectivity index (χ0) is 10.8. The monoisotopic (exact) mass is 209 g/mol. The van der Waals surface area contributed by atoms with E-state index in [1.165, 1.54) is 6.07 Å². The Morgan fingerprint density at radius 3 is 2.67 bits per heavy atom. The van der Waals surface area contributed by atoms with Crippen molar-refractivity contribution < 1.29 is 8.78 Å². The maximum Gasteiger partial charge on any atom is 0.200 e. The Bertz CT molecular complexity index is 479. The molecule has 2 rings (SSSR count). The van der Waals surface area contributed by atoms with Gasteiger partial charge in [0.15, 0.2) is 17.6 Å². The van der Waals surface area contributed by atoms with Crippen molar-refractivity contribution in [3.8, 4) is 0 Å². The highest BCUT2D eigenvalue weighted by atomic mass is 19.2. The molecular formula is C10H9F2N3. The second-order valence-electron chi connectivity index (χ2n) is 3.16. The van der Waals surface area contributed by atoms with E-state index in [2.05, 4.69) is 4.98 Å². The van der Waals surface area contributed by atoms with E-state index in [0.29, 0.717) is 18.1 Å². The molecular weight excluding hydrogens is 200 g/mol. The third kappa shape index (κ3) is 1.96. The van der Waals surface area contributed by atoms with Gasteiger partial charge in [0.05, 0.1) is 6.54 Å². The number of rotatable bonds is 2.